The molecule has 1 N–H and O–H groups in total. The van der Waals surface area contributed by atoms with Gasteiger partial charge in [0.25, 0.3) is 0 Å². The molecule has 0 saturated carbocycles. The van der Waals surface area contributed by atoms with E-state index < -0.39 is 0 Å². The van der Waals surface area contributed by atoms with Crippen LogP contribution in [0.15, 0.2) is 59.4 Å². The predicted molar refractivity (Wildman–Crippen MR) is 141 cm³/mol. The van der Waals surface area contributed by atoms with Gasteiger partial charge in [-0.2, -0.15) is 4.98 Å². The molecule has 2 aromatic carbocycles. The van der Waals surface area contributed by atoms with Crippen LogP contribution in [0.25, 0.3) is 17.1 Å². The number of rotatable bonds is 9. The molecule has 3 heterocycles. The Labute approximate surface area is 221 Å². The van der Waals surface area contributed by atoms with Gasteiger partial charge < -0.3 is 23.9 Å². The summed E-state index contributed by atoms with van der Waals surface area (Å²) in [4.78, 5) is 23.8. The van der Waals surface area contributed by atoms with Crippen LogP contribution in [0.1, 0.15) is 30.1 Å². The van der Waals surface area contributed by atoms with Crippen molar-refractivity contribution in [3.63, 3.8) is 0 Å². The van der Waals surface area contributed by atoms with Crippen molar-refractivity contribution in [3.8, 4) is 28.6 Å². The number of likely N-dealkylation sites (tertiary alicyclic amines) is 1. The Morgan fingerprint density at radius 2 is 1.84 bits per heavy atom. The number of hydrogen-bond acceptors (Lipinski definition) is 8. The second-order valence-corrected chi connectivity index (χ2v) is 9.36. The standard InChI is InChI=1S/C28H32N6O4/c1-19-29-12-15-34(19)23-7-4-20(5-8-23)17-30-28(35)21-10-13-33(14-11-21)18-26-31-27(32-38-26)22-6-9-24(36-2)25(16-22)37-3/h4-9,12,15-16,21H,10-11,13-14,17-18H2,1-3H3,(H,30,35). The van der Waals surface area contributed by atoms with E-state index in [0.29, 0.717) is 36.3 Å². The first kappa shape index (κ1) is 25.5. The molecule has 0 bridgehead atoms. The number of piperidine rings is 1. The maximum Gasteiger partial charge on any atom is 0.241 e. The van der Waals surface area contributed by atoms with Crippen molar-refractivity contribution in [2.24, 2.45) is 5.92 Å². The average molecular weight is 517 g/mol. The lowest BCUT2D eigenvalue weighted by Crippen LogP contribution is -2.40. The zero-order chi connectivity index (χ0) is 26.5. The summed E-state index contributed by atoms with van der Waals surface area (Å²) in [5.41, 5.74) is 2.91. The first-order chi connectivity index (χ1) is 18.5. The van der Waals surface area contributed by atoms with Gasteiger partial charge in [0.2, 0.25) is 17.6 Å². The van der Waals surface area contributed by atoms with Crippen LogP contribution < -0.4 is 14.8 Å². The molecular weight excluding hydrogens is 484 g/mol. The summed E-state index contributed by atoms with van der Waals surface area (Å²) in [5, 5.41) is 7.23. The van der Waals surface area contributed by atoms with Crippen molar-refractivity contribution in [2.45, 2.75) is 32.9 Å². The quantitative estimate of drug-likeness (QED) is 0.358. The first-order valence-corrected chi connectivity index (χ1v) is 12.7. The molecule has 198 valence electrons. The summed E-state index contributed by atoms with van der Waals surface area (Å²) in [6, 6.07) is 13.7. The molecule has 0 unspecified atom stereocenters. The summed E-state index contributed by atoms with van der Waals surface area (Å²) < 4.78 is 18.2. The summed E-state index contributed by atoms with van der Waals surface area (Å²) >= 11 is 0. The Bertz CT molecular complexity index is 1370. The highest BCUT2D eigenvalue weighted by atomic mass is 16.5. The normalized spacial score (nSPS) is 14.4. The number of carbonyl (C=O) groups is 1. The second kappa shape index (κ2) is 11.5. The van der Waals surface area contributed by atoms with Crippen LogP contribution in [-0.4, -0.2) is 57.8 Å². The van der Waals surface area contributed by atoms with E-state index in [0.717, 1.165) is 48.6 Å². The van der Waals surface area contributed by atoms with Gasteiger partial charge in [0.15, 0.2) is 11.5 Å². The fourth-order valence-corrected chi connectivity index (χ4v) is 4.71. The van der Waals surface area contributed by atoms with Gasteiger partial charge in [-0.05, 0) is 68.8 Å². The molecule has 0 radical (unpaired) electrons. The number of amides is 1. The van der Waals surface area contributed by atoms with E-state index in [4.69, 9.17) is 14.0 Å². The Morgan fingerprint density at radius 1 is 1.08 bits per heavy atom. The van der Waals surface area contributed by atoms with E-state index in [2.05, 4.69) is 25.3 Å². The smallest absolute Gasteiger partial charge is 0.241 e. The second-order valence-electron chi connectivity index (χ2n) is 9.36. The maximum absolute atomic E-state index is 12.8. The van der Waals surface area contributed by atoms with Gasteiger partial charge in [-0.3, -0.25) is 9.69 Å². The van der Waals surface area contributed by atoms with Crippen molar-refractivity contribution >= 4 is 5.91 Å². The Morgan fingerprint density at radius 3 is 2.53 bits per heavy atom. The minimum atomic E-state index is 0.00383. The number of methoxy groups -OCH3 is 2. The van der Waals surface area contributed by atoms with E-state index >= 15 is 0 Å². The number of nitrogens with zero attached hydrogens (tertiary/aromatic N) is 5. The number of aryl methyl sites for hydroxylation is 1. The van der Waals surface area contributed by atoms with E-state index in [-0.39, 0.29) is 11.8 Å². The van der Waals surface area contributed by atoms with E-state index in [9.17, 15) is 4.79 Å². The van der Waals surface area contributed by atoms with Crippen LogP contribution in [0, 0.1) is 12.8 Å². The average Bonchev–Trinajstić information content (AvgIpc) is 3.61. The third-order valence-corrected chi connectivity index (χ3v) is 6.93. The Balaban J connectivity index is 1.09. The van der Waals surface area contributed by atoms with E-state index in [1.54, 1.807) is 20.4 Å². The SMILES string of the molecule is COc1ccc(-c2noc(CN3CCC(C(=O)NCc4ccc(-n5ccnc5C)cc4)CC3)n2)cc1OC. The molecule has 4 aromatic rings. The molecule has 5 rings (SSSR count). The van der Waals surface area contributed by atoms with Gasteiger partial charge in [-0.1, -0.05) is 17.3 Å². The zero-order valence-electron chi connectivity index (χ0n) is 21.9. The molecule has 0 spiro atoms. The summed E-state index contributed by atoms with van der Waals surface area (Å²) in [6.45, 7) is 4.63. The Kier molecular flexibility index (Phi) is 7.69. The van der Waals surface area contributed by atoms with Gasteiger partial charge >= 0.3 is 0 Å². The molecule has 1 aliphatic rings. The first-order valence-electron chi connectivity index (χ1n) is 12.7. The van der Waals surface area contributed by atoms with Crippen LogP contribution in [0.5, 0.6) is 11.5 Å². The third kappa shape index (κ3) is 5.70. The molecule has 0 aliphatic carbocycles. The molecule has 1 aliphatic heterocycles. The number of imidazole rings is 1. The zero-order valence-corrected chi connectivity index (χ0v) is 21.9. The van der Waals surface area contributed by atoms with Crippen LogP contribution in [0.2, 0.25) is 0 Å². The molecule has 10 heteroatoms. The summed E-state index contributed by atoms with van der Waals surface area (Å²) in [7, 11) is 3.19. The summed E-state index contributed by atoms with van der Waals surface area (Å²) in [6.07, 6.45) is 5.31. The molecule has 1 amide bonds. The lowest BCUT2D eigenvalue weighted by atomic mass is 9.96. The largest absolute Gasteiger partial charge is 0.493 e. The topological polar surface area (TPSA) is 108 Å². The van der Waals surface area contributed by atoms with Crippen molar-refractivity contribution in [3.05, 3.63) is 72.1 Å². The molecule has 1 fully saturated rings. The van der Waals surface area contributed by atoms with E-state index in [1.807, 2.05) is 60.2 Å². The minimum absolute atomic E-state index is 0.00383. The highest BCUT2D eigenvalue weighted by Gasteiger charge is 2.26. The van der Waals surface area contributed by atoms with Crippen molar-refractivity contribution in [2.75, 3.05) is 27.3 Å². The van der Waals surface area contributed by atoms with Crippen LogP contribution in [-0.2, 0) is 17.9 Å². The highest BCUT2D eigenvalue weighted by molar-refractivity contribution is 5.78. The molecular formula is C28H32N6O4. The van der Waals surface area contributed by atoms with Crippen molar-refractivity contribution in [1.82, 2.24) is 29.9 Å². The van der Waals surface area contributed by atoms with Crippen LogP contribution >= 0.6 is 0 Å². The summed E-state index contributed by atoms with van der Waals surface area (Å²) in [5.74, 6) is 3.35. The fraction of sp³-hybridized carbons (Fsp3) is 0.357. The third-order valence-electron chi connectivity index (χ3n) is 6.93. The number of aromatic nitrogens is 4. The number of nitrogens with one attached hydrogen (secondary N) is 1. The van der Waals surface area contributed by atoms with Gasteiger partial charge in [0, 0.05) is 36.1 Å². The number of carbonyl (C=O) groups excluding carboxylic acids is 1. The van der Waals surface area contributed by atoms with E-state index in [1.165, 1.54) is 0 Å². The molecule has 2 aromatic heterocycles. The number of benzene rings is 2. The van der Waals surface area contributed by atoms with Gasteiger partial charge in [-0.25, -0.2) is 4.98 Å². The fourth-order valence-electron chi connectivity index (χ4n) is 4.71. The highest BCUT2D eigenvalue weighted by Crippen LogP contribution is 2.31. The van der Waals surface area contributed by atoms with Gasteiger partial charge in [0.05, 0.1) is 20.8 Å². The van der Waals surface area contributed by atoms with Crippen molar-refractivity contribution in [1.29, 1.82) is 0 Å². The predicted octanol–water partition coefficient (Wildman–Crippen LogP) is 3.78. The molecule has 1 saturated heterocycles. The van der Waals surface area contributed by atoms with Gasteiger partial charge in [-0.15, -0.1) is 0 Å². The molecule has 10 nitrogen and oxygen atoms in total. The number of ether oxygens (including phenoxy) is 2. The van der Waals surface area contributed by atoms with Crippen LogP contribution in [0.3, 0.4) is 0 Å². The van der Waals surface area contributed by atoms with Gasteiger partial charge in [0.1, 0.15) is 5.82 Å². The monoisotopic (exact) mass is 516 g/mol. The Hall–Kier alpha value is -4.18. The van der Waals surface area contributed by atoms with Crippen LogP contribution in [0.4, 0.5) is 0 Å². The number of hydrogen-bond donors (Lipinski definition) is 1. The molecule has 38 heavy (non-hydrogen) atoms. The lowest BCUT2D eigenvalue weighted by molar-refractivity contribution is -0.126. The van der Waals surface area contributed by atoms with Crippen molar-refractivity contribution < 1.29 is 18.8 Å². The molecule has 0 atom stereocenters. The minimum Gasteiger partial charge on any atom is -0.493 e. The maximum atomic E-state index is 12.8. The lowest BCUT2D eigenvalue weighted by Gasteiger charge is -2.30.